The van der Waals surface area contributed by atoms with Crippen LogP contribution >= 0.6 is 11.6 Å². The van der Waals surface area contributed by atoms with E-state index in [0.717, 1.165) is 30.7 Å². The smallest absolute Gasteiger partial charge is 0.246 e. The zero-order valence-corrected chi connectivity index (χ0v) is 19.7. The molecule has 0 saturated heterocycles. The molecule has 12 nitrogen and oxygen atoms in total. The van der Waals surface area contributed by atoms with Crippen molar-refractivity contribution in [3.8, 4) is 0 Å². The van der Waals surface area contributed by atoms with Gasteiger partial charge in [-0.2, -0.15) is 4.72 Å². The van der Waals surface area contributed by atoms with E-state index < -0.39 is 22.0 Å². The van der Waals surface area contributed by atoms with Crippen molar-refractivity contribution in [2.45, 2.75) is 57.2 Å². The van der Waals surface area contributed by atoms with Crippen molar-refractivity contribution in [2.24, 2.45) is 0 Å². The van der Waals surface area contributed by atoms with E-state index in [1.165, 1.54) is 19.1 Å². The molecule has 1 atom stereocenters. The van der Waals surface area contributed by atoms with Crippen LogP contribution in [0.15, 0.2) is 29.2 Å². The first-order valence-electron chi connectivity index (χ1n) is 10.3. The molecule has 1 aromatic carbocycles. The Hall–Kier alpha value is -2.87. The van der Waals surface area contributed by atoms with Gasteiger partial charge in [0.15, 0.2) is 5.15 Å². The SMILES string of the molecule is CCCCc1nc(Cl)c(CO)n1Cc1ccc(S(=O)(=O)NC(C)C(=O)Nc2nnn[nH]2)cc1. The highest BCUT2D eigenvalue weighted by Crippen LogP contribution is 2.21. The zero-order chi connectivity index (χ0) is 24.0. The van der Waals surface area contributed by atoms with E-state index in [4.69, 9.17) is 11.6 Å². The summed E-state index contributed by atoms with van der Waals surface area (Å²) in [6, 6.07) is 5.16. The summed E-state index contributed by atoms with van der Waals surface area (Å²) in [5.74, 6) is 0.156. The third-order valence-corrected chi connectivity index (χ3v) is 6.75. The second-order valence-corrected chi connectivity index (χ2v) is 9.41. The molecule has 1 unspecified atom stereocenters. The highest BCUT2D eigenvalue weighted by atomic mass is 35.5. The van der Waals surface area contributed by atoms with Gasteiger partial charge >= 0.3 is 0 Å². The number of carbonyl (C=O) groups excluding carboxylic acids is 1. The summed E-state index contributed by atoms with van der Waals surface area (Å²) in [6.07, 6.45) is 2.64. The number of aryl methyl sites for hydroxylation is 1. The van der Waals surface area contributed by atoms with Crippen LogP contribution in [0.1, 0.15) is 43.8 Å². The van der Waals surface area contributed by atoms with Gasteiger partial charge < -0.3 is 9.67 Å². The van der Waals surface area contributed by atoms with E-state index >= 15 is 0 Å². The molecule has 2 heterocycles. The van der Waals surface area contributed by atoms with Gasteiger partial charge in [-0.15, -0.1) is 0 Å². The lowest BCUT2D eigenvalue weighted by molar-refractivity contribution is -0.117. The fraction of sp³-hybridized carbons (Fsp3) is 0.421. The first kappa shape index (κ1) is 24.8. The number of aliphatic hydroxyl groups excluding tert-OH is 1. The number of anilines is 1. The predicted octanol–water partition coefficient (Wildman–Crippen LogP) is 1.24. The predicted molar refractivity (Wildman–Crippen MR) is 120 cm³/mol. The number of tetrazole rings is 1. The fourth-order valence-electron chi connectivity index (χ4n) is 3.12. The number of carbonyl (C=O) groups is 1. The average Bonchev–Trinajstić information content (AvgIpc) is 3.39. The maximum Gasteiger partial charge on any atom is 0.246 e. The fourth-order valence-corrected chi connectivity index (χ4v) is 4.58. The number of aromatic nitrogens is 6. The van der Waals surface area contributed by atoms with Gasteiger partial charge in [-0.3, -0.25) is 10.1 Å². The number of nitrogens with zero attached hydrogens (tertiary/aromatic N) is 5. The Morgan fingerprint density at radius 3 is 2.64 bits per heavy atom. The summed E-state index contributed by atoms with van der Waals surface area (Å²) in [4.78, 5) is 16.5. The lowest BCUT2D eigenvalue weighted by Gasteiger charge is -2.14. The molecule has 2 aromatic heterocycles. The molecule has 0 bridgehead atoms. The van der Waals surface area contributed by atoms with Crippen LogP contribution in [-0.4, -0.2) is 55.6 Å². The molecule has 178 valence electrons. The number of nitrogens with one attached hydrogen (secondary N) is 3. The summed E-state index contributed by atoms with van der Waals surface area (Å²) in [6.45, 7) is 3.61. The van der Waals surface area contributed by atoms with Crippen molar-refractivity contribution in [2.75, 3.05) is 5.32 Å². The topological polar surface area (TPSA) is 168 Å². The number of aliphatic hydroxyl groups is 1. The molecule has 0 radical (unpaired) electrons. The van der Waals surface area contributed by atoms with E-state index in [2.05, 4.69) is 42.6 Å². The van der Waals surface area contributed by atoms with Crippen LogP contribution in [0.25, 0.3) is 0 Å². The largest absolute Gasteiger partial charge is 0.390 e. The average molecular weight is 497 g/mol. The number of unbranched alkanes of at least 4 members (excludes halogenated alkanes) is 1. The first-order valence-corrected chi connectivity index (χ1v) is 12.1. The first-order chi connectivity index (χ1) is 15.7. The zero-order valence-electron chi connectivity index (χ0n) is 18.1. The Bertz CT molecular complexity index is 1180. The molecule has 0 fully saturated rings. The van der Waals surface area contributed by atoms with Gasteiger partial charge in [0.1, 0.15) is 5.82 Å². The van der Waals surface area contributed by atoms with E-state index in [1.807, 2.05) is 4.57 Å². The molecular formula is C19H25ClN8O4S. The minimum absolute atomic E-state index is 0.00415. The Kier molecular flexibility index (Phi) is 8.13. The van der Waals surface area contributed by atoms with E-state index in [-0.39, 0.29) is 22.6 Å². The van der Waals surface area contributed by atoms with Crippen molar-refractivity contribution in [3.05, 3.63) is 46.5 Å². The number of hydrogen-bond acceptors (Lipinski definition) is 8. The minimum Gasteiger partial charge on any atom is -0.390 e. The van der Waals surface area contributed by atoms with Gasteiger partial charge in [-0.05, 0) is 41.5 Å². The second-order valence-electron chi connectivity index (χ2n) is 7.34. The van der Waals surface area contributed by atoms with Crippen molar-refractivity contribution in [1.29, 1.82) is 0 Å². The van der Waals surface area contributed by atoms with Crippen LogP contribution in [0.2, 0.25) is 5.15 Å². The summed E-state index contributed by atoms with van der Waals surface area (Å²) in [5, 5.41) is 24.9. The Morgan fingerprint density at radius 2 is 2.03 bits per heavy atom. The number of H-pyrrole nitrogens is 1. The number of aromatic amines is 1. The molecule has 0 aliphatic rings. The lowest BCUT2D eigenvalue weighted by Crippen LogP contribution is -2.41. The molecule has 0 aliphatic carbocycles. The molecule has 0 spiro atoms. The summed E-state index contributed by atoms with van der Waals surface area (Å²) >= 11 is 6.17. The summed E-state index contributed by atoms with van der Waals surface area (Å²) < 4.78 is 29.6. The monoisotopic (exact) mass is 496 g/mol. The molecule has 33 heavy (non-hydrogen) atoms. The summed E-state index contributed by atoms with van der Waals surface area (Å²) in [5.41, 5.74) is 1.32. The third-order valence-electron chi connectivity index (χ3n) is 4.89. The van der Waals surface area contributed by atoms with Crippen molar-refractivity contribution in [1.82, 2.24) is 34.9 Å². The van der Waals surface area contributed by atoms with Crippen molar-refractivity contribution in [3.63, 3.8) is 0 Å². The van der Waals surface area contributed by atoms with Gasteiger partial charge in [0.25, 0.3) is 0 Å². The third kappa shape index (κ3) is 6.13. The van der Waals surface area contributed by atoms with Crippen LogP contribution in [0.5, 0.6) is 0 Å². The molecule has 3 rings (SSSR count). The summed E-state index contributed by atoms with van der Waals surface area (Å²) in [7, 11) is -3.95. The molecular weight excluding hydrogens is 472 g/mol. The van der Waals surface area contributed by atoms with Gasteiger partial charge in [0, 0.05) is 13.0 Å². The second kappa shape index (κ2) is 10.8. The van der Waals surface area contributed by atoms with Crippen LogP contribution in [0, 0.1) is 0 Å². The van der Waals surface area contributed by atoms with E-state index in [1.54, 1.807) is 12.1 Å². The highest BCUT2D eigenvalue weighted by molar-refractivity contribution is 7.89. The Balaban J connectivity index is 1.71. The number of imidazole rings is 1. The van der Waals surface area contributed by atoms with Crippen molar-refractivity contribution >= 4 is 33.5 Å². The molecule has 14 heteroatoms. The van der Waals surface area contributed by atoms with Gasteiger partial charge in [-0.1, -0.05) is 42.2 Å². The van der Waals surface area contributed by atoms with Crippen molar-refractivity contribution < 1.29 is 18.3 Å². The maximum atomic E-state index is 12.7. The van der Waals surface area contributed by atoms with Gasteiger partial charge in [-0.25, -0.2) is 18.5 Å². The standard InChI is InChI=1S/C19H25ClN8O4S/c1-3-4-5-16-21-17(20)15(11-29)28(16)10-13-6-8-14(9-7-13)33(31,32)25-12(2)18(30)22-19-23-26-27-24-19/h6-9,12,25,29H,3-5,10-11H2,1-2H3,(H2,22,23,24,26,27,30). The molecule has 4 N–H and O–H groups in total. The number of amides is 1. The molecule has 0 saturated carbocycles. The number of benzene rings is 1. The lowest BCUT2D eigenvalue weighted by atomic mass is 10.2. The normalized spacial score (nSPS) is 12.6. The van der Waals surface area contributed by atoms with Crippen LogP contribution < -0.4 is 10.0 Å². The quantitative estimate of drug-likeness (QED) is 0.307. The van der Waals surface area contributed by atoms with E-state index in [0.29, 0.717) is 12.2 Å². The minimum atomic E-state index is -3.95. The maximum absolute atomic E-state index is 12.7. The Labute approximate surface area is 195 Å². The number of halogens is 1. The highest BCUT2D eigenvalue weighted by Gasteiger charge is 2.23. The van der Waals surface area contributed by atoms with E-state index in [9.17, 15) is 18.3 Å². The molecule has 1 amide bonds. The number of hydrogen-bond donors (Lipinski definition) is 4. The molecule has 0 aliphatic heterocycles. The number of sulfonamides is 1. The Morgan fingerprint density at radius 1 is 1.30 bits per heavy atom. The van der Waals surface area contributed by atoms with Gasteiger partial charge in [0.05, 0.1) is 23.2 Å². The number of rotatable bonds is 11. The van der Waals surface area contributed by atoms with Gasteiger partial charge in [0.2, 0.25) is 21.9 Å². The van der Waals surface area contributed by atoms with Crippen LogP contribution in [-0.2, 0) is 34.4 Å². The van der Waals surface area contributed by atoms with Crippen LogP contribution in [0.4, 0.5) is 5.95 Å². The van der Waals surface area contributed by atoms with Crippen LogP contribution in [0.3, 0.4) is 0 Å². The molecule has 3 aromatic rings.